The predicted molar refractivity (Wildman–Crippen MR) is 103 cm³/mol. The second-order valence-corrected chi connectivity index (χ2v) is 7.31. The third-order valence-electron chi connectivity index (χ3n) is 3.49. The van der Waals surface area contributed by atoms with E-state index in [1.165, 1.54) is 25.1 Å². The van der Waals surface area contributed by atoms with Crippen LogP contribution < -0.4 is 14.8 Å². The lowest BCUT2D eigenvalue weighted by atomic mass is 10.2. The van der Waals surface area contributed by atoms with Crippen molar-refractivity contribution in [2.24, 2.45) is 0 Å². The maximum absolute atomic E-state index is 12.3. The molecule has 0 bridgehead atoms. The lowest BCUT2D eigenvalue weighted by Crippen LogP contribution is -2.43. The number of alkyl carbamates (subject to hydrolysis) is 1. The van der Waals surface area contributed by atoms with E-state index in [-0.39, 0.29) is 17.1 Å². The average Bonchev–Trinajstić information content (AvgIpc) is 2.57. The fourth-order valence-electron chi connectivity index (χ4n) is 2.11. The van der Waals surface area contributed by atoms with E-state index >= 15 is 0 Å². The molecule has 1 amide bonds. The average molecular weight is 395 g/mol. The minimum absolute atomic E-state index is 0.0146. The maximum atomic E-state index is 12.3. The van der Waals surface area contributed by atoms with Gasteiger partial charge in [-0.25, -0.2) is 14.4 Å². The fourth-order valence-corrected chi connectivity index (χ4v) is 2.11. The van der Waals surface area contributed by atoms with E-state index in [1.807, 2.05) is 0 Å². The first-order valence-corrected chi connectivity index (χ1v) is 9.25. The van der Waals surface area contributed by atoms with Crippen LogP contribution in [0, 0.1) is 0 Å². The smallest absolute Gasteiger partial charge is 0.408 e. The molecule has 0 spiro atoms. The molecule has 0 saturated heterocycles. The summed E-state index contributed by atoms with van der Waals surface area (Å²) >= 11 is 0. The van der Waals surface area contributed by atoms with Crippen LogP contribution in [0.4, 0.5) is 4.79 Å². The summed E-state index contributed by atoms with van der Waals surface area (Å²) in [5.74, 6) is -1.68. The fraction of sp³-hybridized carbons (Fsp3) is 0.550. The van der Waals surface area contributed by atoms with Gasteiger partial charge in [0.2, 0.25) is 0 Å². The number of nitrogens with one attached hydrogen (secondary N) is 1. The van der Waals surface area contributed by atoms with Crippen molar-refractivity contribution in [1.29, 1.82) is 0 Å². The third kappa shape index (κ3) is 8.28. The molecule has 0 radical (unpaired) electrons. The number of carbonyl (C=O) groups is 3. The molecule has 28 heavy (non-hydrogen) atoms. The first kappa shape index (κ1) is 23.3. The maximum Gasteiger partial charge on any atom is 0.408 e. The van der Waals surface area contributed by atoms with Gasteiger partial charge in [-0.2, -0.15) is 0 Å². The number of unbranched alkanes of at least 4 members (excludes halogenated alkanes) is 2. The minimum atomic E-state index is -1.16. The molecule has 1 aromatic carbocycles. The monoisotopic (exact) mass is 395 g/mol. The highest BCUT2D eigenvalue weighted by molar-refractivity contribution is 5.89. The molecule has 0 aromatic heterocycles. The summed E-state index contributed by atoms with van der Waals surface area (Å²) in [7, 11) is 0. The zero-order valence-corrected chi connectivity index (χ0v) is 17.0. The van der Waals surface area contributed by atoms with Gasteiger partial charge >= 0.3 is 18.0 Å². The molecule has 0 fully saturated rings. The zero-order valence-electron chi connectivity index (χ0n) is 17.0. The minimum Gasteiger partial charge on any atom is -0.490 e. The van der Waals surface area contributed by atoms with Crippen molar-refractivity contribution in [2.45, 2.75) is 65.5 Å². The number of aromatic carboxylic acids is 1. The lowest BCUT2D eigenvalue weighted by molar-refractivity contribution is -0.136. The van der Waals surface area contributed by atoms with Gasteiger partial charge in [-0.15, -0.1) is 0 Å². The summed E-state index contributed by atoms with van der Waals surface area (Å²) in [6.45, 7) is 9.03. The Balaban J connectivity index is 2.84. The summed E-state index contributed by atoms with van der Waals surface area (Å²) in [6, 6.07) is 3.04. The Morgan fingerprint density at radius 2 is 1.82 bits per heavy atom. The van der Waals surface area contributed by atoms with Crippen LogP contribution in [0.5, 0.6) is 11.5 Å². The summed E-state index contributed by atoms with van der Waals surface area (Å²) in [6.07, 6.45) is 2.07. The molecule has 1 rings (SSSR count). The van der Waals surface area contributed by atoms with Crippen LogP contribution in [0.3, 0.4) is 0 Å². The number of carboxylic acid groups (broad SMARTS) is 1. The van der Waals surface area contributed by atoms with Crippen molar-refractivity contribution in [3.8, 4) is 11.5 Å². The van der Waals surface area contributed by atoms with Crippen molar-refractivity contribution < 1.29 is 33.7 Å². The van der Waals surface area contributed by atoms with Crippen LogP contribution in [0.25, 0.3) is 0 Å². The van der Waals surface area contributed by atoms with Crippen molar-refractivity contribution in [3.05, 3.63) is 23.8 Å². The molecular weight excluding hydrogens is 366 g/mol. The summed E-state index contributed by atoms with van der Waals surface area (Å²) in [5, 5.41) is 11.5. The van der Waals surface area contributed by atoms with Gasteiger partial charge in [0.05, 0.1) is 12.2 Å². The number of ether oxygens (including phenoxy) is 3. The molecular formula is C20H29NO7. The third-order valence-corrected chi connectivity index (χ3v) is 3.49. The van der Waals surface area contributed by atoms with Gasteiger partial charge in [-0.05, 0) is 52.3 Å². The van der Waals surface area contributed by atoms with E-state index in [2.05, 4.69) is 12.2 Å². The summed E-state index contributed by atoms with van der Waals surface area (Å²) in [5.41, 5.74) is -0.750. The zero-order chi connectivity index (χ0) is 21.3. The molecule has 0 saturated carbocycles. The van der Waals surface area contributed by atoms with Gasteiger partial charge in [-0.3, -0.25) is 0 Å². The van der Waals surface area contributed by atoms with E-state index in [9.17, 15) is 14.4 Å². The van der Waals surface area contributed by atoms with E-state index in [0.717, 1.165) is 19.3 Å². The molecule has 8 nitrogen and oxygen atoms in total. The van der Waals surface area contributed by atoms with Crippen LogP contribution in [0.15, 0.2) is 18.2 Å². The highest BCUT2D eigenvalue weighted by atomic mass is 16.6. The number of rotatable bonds is 9. The van der Waals surface area contributed by atoms with Crippen LogP contribution in [0.1, 0.15) is 64.2 Å². The molecule has 0 aliphatic rings. The first-order chi connectivity index (χ1) is 13.0. The topological polar surface area (TPSA) is 111 Å². The standard InChI is InChI=1S/C20H29NO7/c1-6-7-8-11-26-15-10-9-14(17(22)23)12-16(15)27-18(24)13(2)21-19(25)28-20(3,4)5/h9-10,12-13H,6-8,11H2,1-5H3,(H,21,25)(H,22,23). The van der Waals surface area contributed by atoms with E-state index in [4.69, 9.17) is 19.3 Å². The van der Waals surface area contributed by atoms with Gasteiger partial charge in [0.1, 0.15) is 11.6 Å². The molecule has 0 heterocycles. The molecule has 1 aromatic rings. The van der Waals surface area contributed by atoms with Crippen molar-refractivity contribution >= 4 is 18.0 Å². The van der Waals surface area contributed by atoms with Gasteiger partial charge in [-0.1, -0.05) is 19.8 Å². The van der Waals surface area contributed by atoms with E-state index < -0.39 is 29.7 Å². The normalized spacial score (nSPS) is 12.0. The quantitative estimate of drug-likeness (QED) is 0.372. The first-order valence-electron chi connectivity index (χ1n) is 9.25. The number of carbonyl (C=O) groups excluding carboxylic acids is 2. The van der Waals surface area contributed by atoms with Crippen molar-refractivity contribution in [2.75, 3.05) is 6.61 Å². The van der Waals surface area contributed by atoms with Crippen LogP contribution in [0.2, 0.25) is 0 Å². The largest absolute Gasteiger partial charge is 0.490 e. The summed E-state index contributed by atoms with van der Waals surface area (Å²) in [4.78, 5) is 35.3. The predicted octanol–water partition coefficient (Wildman–Crippen LogP) is 3.77. The highest BCUT2D eigenvalue weighted by Crippen LogP contribution is 2.29. The number of esters is 1. The summed E-state index contributed by atoms with van der Waals surface area (Å²) < 4.78 is 16.0. The van der Waals surface area contributed by atoms with Crippen molar-refractivity contribution in [3.63, 3.8) is 0 Å². The lowest BCUT2D eigenvalue weighted by Gasteiger charge is -2.21. The number of hydrogen-bond donors (Lipinski definition) is 2. The molecule has 1 unspecified atom stereocenters. The molecule has 1 atom stereocenters. The number of benzene rings is 1. The Bertz CT molecular complexity index is 694. The molecule has 0 aliphatic heterocycles. The Hall–Kier alpha value is -2.77. The van der Waals surface area contributed by atoms with E-state index in [1.54, 1.807) is 20.8 Å². The van der Waals surface area contributed by atoms with Crippen LogP contribution >= 0.6 is 0 Å². The second-order valence-electron chi connectivity index (χ2n) is 7.31. The van der Waals surface area contributed by atoms with Gasteiger partial charge in [0.15, 0.2) is 11.5 Å². The molecule has 8 heteroatoms. The number of carboxylic acids is 1. The molecule has 2 N–H and O–H groups in total. The Labute approximate surface area is 165 Å². The van der Waals surface area contributed by atoms with Gasteiger partial charge < -0.3 is 24.6 Å². The Kier molecular flexibility index (Phi) is 8.76. The second kappa shape index (κ2) is 10.5. The Morgan fingerprint density at radius 1 is 1.14 bits per heavy atom. The van der Waals surface area contributed by atoms with E-state index in [0.29, 0.717) is 6.61 Å². The van der Waals surface area contributed by atoms with Crippen LogP contribution in [-0.4, -0.2) is 41.4 Å². The molecule has 156 valence electrons. The van der Waals surface area contributed by atoms with Crippen LogP contribution in [-0.2, 0) is 9.53 Å². The van der Waals surface area contributed by atoms with Crippen molar-refractivity contribution in [1.82, 2.24) is 5.32 Å². The SMILES string of the molecule is CCCCCOc1ccc(C(=O)O)cc1OC(=O)C(C)NC(=O)OC(C)(C)C. The molecule has 0 aliphatic carbocycles. The number of amides is 1. The highest BCUT2D eigenvalue weighted by Gasteiger charge is 2.23. The van der Waals surface area contributed by atoms with Gasteiger partial charge in [0, 0.05) is 0 Å². The van der Waals surface area contributed by atoms with Gasteiger partial charge in [0.25, 0.3) is 0 Å². The Morgan fingerprint density at radius 3 is 2.39 bits per heavy atom. The number of hydrogen-bond acceptors (Lipinski definition) is 6.